The van der Waals surface area contributed by atoms with Crippen LogP contribution in [0.3, 0.4) is 0 Å². The number of aryl methyl sites for hydroxylation is 1. The van der Waals surface area contributed by atoms with E-state index in [2.05, 4.69) is 231 Å². The van der Waals surface area contributed by atoms with E-state index >= 15 is 0 Å². The van der Waals surface area contributed by atoms with Crippen LogP contribution >= 0.6 is 0 Å². The van der Waals surface area contributed by atoms with Crippen molar-refractivity contribution in [2.24, 2.45) is 21.8 Å². The van der Waals surface area contributed by atoms with Crippen molar-refractivity contribution in [1.29, 1.82) is 0 Å². The van der Waals surface area contributed by atoms with Crippen molar-refractivity contribution >= 4 is 93.2 Å². The maximum Gasteiger partial charge on any atom is 0.155 e. The SMILES string of the molecule is CC1C=CC2=C(C1)c1cc3ccccc3cc1CC[C@H]2c1cc(C2N=C(c3ccc4ccccc4c3)N=C(c3cccc4c5ccccc5n(-c5ccccc5)c34)CCC2C)c2c(c1)oc1c3ccccc3ccc12. The summed E-state index contributed by atoms with van der Waals surface area (Å²) in [6.45, 7) is 4.79. The normalized spacial score (nSPS) is 19.1. The van der Waals surface area contributed by atoms with Gasteiger partial charge in [-0.1, -0.05) is 184 Å². The summed E-state index contributed by atoms with van der Waals surface area (Å²) in [5.74, 6) is 1.53. The van der Waals surface area contributed by atoms with Gasteiger partial charge in [0.25, 0.3) is 0 Å². The monoisotopic (exact) mass is 965 g/mol. The number of allylic oxidation sites excluding steroid dienone is 4. The fourth-order valence-electron chi connectivity index (χ4n) is 13.3. The van der Waals surface area contributed by atoms with Crippen molar-refractivity contribution in [2.45, 2.75) is 57.9 Å². The number of para-hydroxylation sites is 3. The number of fused-ring (bicyclic) bond motifs is 12. The molecule has 0 saturated carbocycles. The lowest BCUT2D eigenvalue weighted by molar-refractivity contribution is 0.448. The fourth-order valence-corrected chi connectivity index (χ4v) is 13.3. The van der Waals surface area contributed by atoms with Crippen LogP contribution in [-0.2, 0) is 6.42 Å². The van der Waals surface area contributed by atoms with Gasteiger partial charge in [-0.25, -0.2) is 4.99 Å². The molecule has 3 heterocycles. The minimum Gasteiger partial charge on any atom is -0.455 e. The summed E-state index contributed by atoms with van der Waals surface area (Å²) in [4.78, 5) is 11.9. The van der Waals surface area contributed by atoms with Gasteiger partial charge in [0.2, 0.25) is 0 Å². The zero-order valence-corrected chi connectivity index (χ0v) is 42.3. The van der Waals surface area contributed by atoms with E-state index in [4.69, 9.17) is 14.4 Å². The van der Waals surface area contributed by atoms with Gasteiger partial charge in [0, 0.05) is 49.7 Å². The Kier molecular flexibility index (Phi) is 10.3. The van der Waals surface area contributed by atoms with E-state index in [1.165, 1.54) is 82.1 Å². The molecule has 0 bridgehead atoms. The molecule has 0 saturated heterocycles. The number of nitrogens with zero attached hydrogens (tertiary/aromatic N) is 3. The van der Waals surface area contributed by atoms with Gasteiger partial charge in [-0.15, -0.1) is 0 Å². The van der Waals surface area contributed by atoms with E-state index in [1.54, 1.807) is 0 Å². The first-order valence-electron chi connectivity index (χ1n) is 27.0. The number of furan rings is 1. The average molecular weight is 966 g/mol. The highest BCUT2D eigenvalue weighted by atomic mass is 16.3. The molecule has 15 rings (SSSR count). The van der Waals surface area contributed by atoms with Crippen LogP contribution in [-0.4, -0.2) is 16.1 Å². The Bertz CT molecular complexity index is 4450. The van der Waals surface area contributed by atoms with Crippen LogP contribution in [0.5, 0.6) is 0 Å². The zero-order valence-electron chi connectivity index (χ0n) is 42.3. The highest BCUT2D eigenvalue weighted by molar-refractivity contribution is 6.22. The van der Waals surface area contributed by atoms with Crippen molar-refractivity contribution in [3.05, 3.63) is 251 Å². The van der Waals surface area contributed by atoms with Crippen molar-refractivity contribution in [3.8, 4) is 5.69 Å². The molecule has 0 N–H and O–H groups in total. The van der Waals surface area contributed by atoms with Gasteiger partial charge in [-0.3, -0.25) is 4.99 Å². The van der Waals surface area contributed by atoms with E-state index in [-0.39, 0.29) is 17.9 Å². The molecule has 4 nitrogen and oxygen atoms in total. The van der Waals surface area contributed by atoms with Crippen molar-refractivity contribution in [1.82, 2.24) is 4.57 Å². The Morgan fingerprint density at radius 1 is 0.560 bits per heavy atom. The number of rotatable bonds is 5. The lowest BCUT2D eigenvalue weighted by Gasteiger charge is -2.28. The van der Waals surface area contributed by atoms with Gasteiger partial charge in [-0.2, -0.15) is 0 Å². The molecule has 360 valence electrons. The Labute approximate surface area is 436 Å². The summed E-state index contributed by atoms with van der Waals surface area (Å²) in [5.41, 5.74) is 16.9. The van der Waals surface area contributed by atoms with Gasteiger partial charge >= 0.3 is 0 Å². The quantitative estimate of drug-likeness (QED) is 0.169. The standard InChI is InChI=1S/C71H55N3O/c1-43-27-33-56-54(34-32-50-38-48-18-8-9-19-49(48)40-61(50)62(56)37-43)52-41-63(67-60-35-31-46-16-10-11-22-55(46)70(60)75-66(67)42-52)68-44(2)28-36-64(72-71(73-68)51-30-29-45-15-6-7-17-47(45)39-51)59-25-14-24-58-57-23-12-13-26-65(57)74(69(58)59)53-20-4-3-5-21-53/h3-27,29-31,33,35,38-44,54,68H,28,32,34,36-37H2,1-2H3/t43?,44?,54-,68?/m0/s1. The van der Waals surface area contributed by atoms with Gasteiger partial charge in [-0.05, 0) is 147 Å². The zero-order chi connectivity index (χ0) is 49.7. The highest BCUT2D eigenvalue weighted by Crippen LogP contribution is 2.49. The smallest absolute Gasteiger partial charge is 0.155 e. The summed E-state index contributed by atoms with van der Waals surface area (Å²) in [6, 6.07) is 73.5. The van der Waals surface area contributed by atoms with Crippen molar-refractivity contribution in [3.63, 3.8) is 0 Å². The molecule has 3 aliphatic rings. The van der Waals surface area contributed by atoms with Gasteiger partial charge in [0.15, 0.2) is 5.84 Å². The molecule has 2 aliphatic carbocycles. The van der Waals surface area contributed by atoms with Crippen LogP contribution in [0, 0.1) is 11.8 Å². The van der Waals surface area contributed by atoms with E-state index in [9.17, 15) is 0 Å². The molecular weight excluding hydrogens is 911 g/mol. The predicted octanol–water partition coefficient (Wildman–Crippen LogP) is 18.6. The molecule has 10 aromatic carbocycles. The van der Waals surface area contributed by atoms with Crippen LogP contribution in [0.4, 0.5) is 0 Å². The van der Waals surface area contributed by atoms with Crippen LogP contribution in [0.2, 0.25) is 0 Å². The third-order valence-electron chi connectivity index (χ3n) is 17.0. The maximum absolute atomic E-state index is 7.25. The number of aliphatic imine (C=N–C) groups is 2. The molecular formula is C71H55N3O. The lowest BCUT2D eigenvalue weighted by atomic mass is 9.78. The number of benzene rings is 10. The van der Waals surface area contributed by atoms with Gasteiger partial charge in [0.1, 0.15) is 11.2 Å². The van der Waals surface area contributed by atoms with Crippen LogP contribution in [0.25, 0.3) is 87.3 Å². The van der Waals surface area contributed by atoms with Crippen LogP contribution in [0.1, 0.15) is 84.9 Å². The summed E-state index contributed by atoms with van der Waals surface area (Å²) in [5, 5.41) is 12.0. The number of amidine groups is 1. The molecule has 75 heavy (non-hydrogen) atoms. The first-order chi connectivity index (χ1) is 37.0. The Hall–Kier alpha value is -8.60. The van der Waals surface area contributed by atoms with Crippen LogP contribution in [0.15, 0.2) is 232 Å². The summed E-state index contributed by atoms with van der Waals surface area (Å²) >= 11 is 0. The fraction of sp³-hybridized carbons (Fsp3) is 0.155. The molecule has 0 fully saturated rings. The number of hydrogen-bond acceptors (Lipinski definition) is 3. The van der Waals surface area contributed by atoms with E-state index in [0.717, 1.165) is 87.8 Å². The topological polar surface area (TPSA) is 42.8 Å². The van der Waals surface area contributed by atoms with Gasteiger partial charge < -0.3 is 8.98 Å². The largest absolute Gasteiger partial charge is 0.455 e. The molecule has 0 radical (unpaired) electrons. The predicted molar refractivity (Wildman–Crippen MR) is 315 cm³/mol. The molecule has 4 atom stereocenters. The molecule has 0 amide bonds. The third kappa shape index (κ3) is 7.25. The number of hydrogen-bond donors (Lipinski definition) is 0. The Morgan fingerprint density at radius 3 is 2.13 bits per heavy atom. The third-order valence-corrected chi connectivity index (χ3v) is 17.0. The first kappa shape index (κ1) is 43.9. The number of aromatic nitrogens is 1. The molecule has 4 heteroatoms. The second-order valence-corrected chi connectivity index (χ2v) is 21.6. The summed E-state index contributed by atoms with van der Waals surface area (Å²) in [7, 11) is 0. The second-order valence-electron chi connectivity index (χ2n) is 21.6. The molecule has 1 aliphatic heterocycles. The highest BCUT2D eigenvalue weighted by Gasteiger charge is 2.33. The molecule has 3 unspecified atom stereocenters. The van der Waals surface area contributed by atoms with E-state index in [1.807, 2.05) is 0 Å². The minimum absolute atomic E-state index is 0.144. The molecule has 12 aromatic rings. The second kappa shape index (κ2) is 17.5. The molecule has 2 aromatic heterocycles. The van der Waals surface area contributed by atoms with E-state index in [0.29, 0.717) is 5.92 Å². The Morgan fingerprint density at radius 2 is 1.28 bits per heavy atom. The summed E-state index contributed by atoms with van der Waals surface area (Å²) < 4.78 is 9.69. The minimum atomic E-state index is -0.221. The van der Waals surface area contributed by atoms with Gasteiger partial charge in [0.05, 0.1) is 22.8 Å². The molecule has 0 spiro atoms. The van der Waals surface area contributed by atoms with Crippen LogP contribution < -0.4 is 0 Å². The van der Waals surface area contributed by atoms with E-state index < -0.39 is 0 Å². The lowest BCUT2D eigenvalue weighted by Crippen LogP contribution is -2.19. The average Bonchev–Trinajstić information content (AvgIpc) is 3.98. The van der Waals surface area contributed by atoms with Crippen molar-refractivity contribution in [2.75, 3.05) is 0 Å². The first-order valence-corrected chi connectivity index (χ1v) is 27.0. The van der Waals surface area contributed by atoms with Crippen molar-refractivity contribution < 1.29 is 4.42 Å². The summed E-state index contributed by atoms with van der Waals surface area (Å²) in [6.07, 6.45) is 9.62. The Balaban J connectivity index is 0.976. The maximum atomic E-state index is 7.25.